The lowest BCUT2D eigenvalue weighted by molar-refractivity contribution is 0.621. The van der Waals surface area contributed by atoms with E-state index in [1.165, 1.54) is 6.20 Å². The van der Waals surface area contributed by atoms with Crippen LogP contribution in [0.2, 0.25) is 0 Å². The highest BCUT2D eigenvalue weighted by molar-refractivity contribution is 4.87. The van der Waals surface area contributed by atoms with E-state index >= 15 is 0 Å². The first-order valence-corrected chi connectivity index (χ1v) is 3.08. The summed E-state index contributed by atoms with van der Waals surface area (Å²) in [5.41, 5.74) is 5.15. The average Bonchev–Trinajstić information content (AvgIpc) is 1.85. The van der Waals surface area contributed by atoms with Gasteiger partial charge in [-0.15, -0.1) is 0 Å². The van der Waals surface area contributed by atoms with Crippen molar-refractivity contribution in [2.75, 3.05) is 7.05 Å². The number of nitrogens with zero attached hydrogens (tertiary/aromatic N) is 1. The SMILES string of the molecule is CC/C=C\N(C)/C=C\N. The first kappa shape index (κ1) is 8.08. The first-order valence-electron chi connectivity index (χ1n) is 3.08. The highest BCUT2D eigenvalue weighted by Gasteiger charge is 1.76. The molecule has 2 heteroatoms. The van der Waals surface area contributed by atoms with Crippen LogP contribution in [0.4, 0.5) is 0 Å². The van der Waals surface area contributed by atoms with Gasteiger partial charge in [-0.1, -0.05) is 13.0 Å². The second-order valence-corrected chi connectivity index (χ2v) is 1.80. The molecule has 52 valence electrons. The molecule has 0 saturated heterocycles. The Bertz CT molecular complexity index is 105. The fourth-order valence-electron chi connectivity index (χ4n) is 0.457. The molecule has 0 aliphatic carbocycles. The van der Waals surface area contributed by atoms with Crippen LogP contribution in [0.5, 0.6) is 0 Å². The zero-order valence-electron chi connectivity index (χ0n) is 6.04. The fourth-order valence-corrected chi connectivity index (χ4v) is 0.457. The minimum Gasteiger partial charge on any atom is -0.403 e. The molecule has 0 unspecified atom stereocenters. The number of allylic oxidation sites excluding steroid dienone is 1. The summed E-state index contributed by atoms with van der Waals surface area (Å²) in [5.74, 6) is 0. The summed E-state index contributed by atoms with van der Waals surface area (Å²) >= 11 is 0. The Kier molecular flexibility index (Phi) is 4.69. The molecule has 0 spiro atoms. The molecule has 9 heavy (non-hydrogen) atoms. The lowest BCUT2D eigenvalue weighted by Gasteiger charge is -2.04. The van der Waals surface area contributed by atoms with Crippen molar-refractivity contribution in [3.8, 4) is 0 Å². The highest BCUT2D eigenvalue weighted by atomic mass is 15.0. The highest BCUT2D eigenvalue weighted by Crippen LogP contribution is 1.86. The maximum Gasteiger partial charge on any atom is 0.0186 e. The second-order valence-electron chi connectivity index (χ2n) is 1.80. The van der Waals surface area contributed by atoms with Crippen LogP contribution in [0, 0.1) is 0 Å². The average molecular weight is 126 g/mol. The number of hydrogen-bond acceptors (Lipinski definition) is 2. The van der Waals surface area contributed by atoms with Crippen molar-refractivity contribution in [2.45, 2.75) is 13.3 Å². The van der Waals surface area contributed by atoms with Crippen LogP contribution < -0.4 is 5.73 Å². The third-order valence-corrected chi connectivity index (χ3v) is 0.897. The van der Waals surface area contributed by atoms with E-state index in [2.05, 4.69) is 13.0 Å². The molecular weight excluding hydrogens is 112 g/mol. The van der Waals surface area contributed by atoms with Gasteiger partial charge in [-0.2, -0.15) is 0 Å². The lowest BCUT2D eigenvalue weighted by Crippen LogP contribution is -2.00. The molecule has 0 bridgehead atoms. The quantitative estimate of drug-likeness (QED) is 0.617. The summed E-state index contributed by atoms with van der Waals surface area (Å²) in [4.78, 5) is 1.91. The Labute approximate surface area is 56.6 Å². The predicted molar refractivity (Wildman–Crippen MR) is 40.5 cm³/mol. The summed E-state index contributed by atoms with van der Waals surface area (Å²) in [7, 11) is 1.94. The van der Waals surface area contributed by atoms with Crippen LogP contribution in [-0.4, -0.2) is 11.9 Å². The van der Waals surface area contributed by atoms with Crippen LogP contribution in [0.25, 0.3) is 0 Å². The Morgan fingerprint density at radius 2 is 2.11 bits per heavy atom. The van der Waals surface area contributed by atoms with Crippen molar-refractivity contribution in [3.05, 3.63) is 24.7 Å². The molecule has 0 fully saturated rings. The van der Waals surface area contributed by atoms with E-state index < -0.39 is 0 Å². The topological polar surface area (TPSA) is 29.3 Å². The van der Waals surface area contributed by atoms with Crippen molar-refractivity contribution >= 4 is 0 Å². The molecule has 0 aromatic rings. The molecule has 0 aliphatic heterocycles. The van der Waals surface area contributed by atoms with Gasteiger partial charge in [-0.25, -0.2) is 0 Å². The van der Waals surface area contributed by atoms with Crippen molar-refractivity contribution < 1.29 is 0 Å². The van der Waals surface area contributed by atoms with Gasteiger partial charge in [-0.05, 0) is 12.6 Å². The zero-order valence-corrected chi connectivity index (χ0v) is 6.04. The zero-order chi connectivity index (χ0) is 7.11. The molecule has 2 N–H and O–H groups in total. The normalized spacial score (nSPS) is 11.3. The molecule has 0 atom stereocenters. The van der Waals surface area contributed by atoms with Crippen LogP contribution >= 0.6 is 0 Å². The molecule has 0 aromatic heterocycles. The van der Waals surface area contributed by atoms with Gasteiger partial charge < -0.3 is 10.6 Å². The maximum absolute atomic E-state index is 5.15. The number of nitrogens with two attached hydrogens (primary N) is 1. The smallest absolute Gasteiger partial charge is 0.0186 e. The predicted octanol–water partition coefficient (Wildman–Crippen LogP) is 1.27. The Morgan fingerprint density at radius 1 is 1.44 bits per heavy atom. The van der Waals surface area contributed by atoms with E-state index in [0.717, 1.165) is 6.42 Å². The summed E-state index contributed by atoms with van der Waals surface area (Å²) in [5, 5.41) is 0. The molecular formula is C7H14N2. The fraction of sp³-hybridized carbons (Fsp3) is 0.429. The molecule has 0 amide bonds. The molecule has 0 aromatic carbocycles. The molecule has 0 aliphatic rings. The minimum atomic E-state index is 1.06. The van der Waals surface area contributed by atoms with Gasteiger partial charge in [0.05, 0.1) is 0 Å². The largest absolute Gasteiger partial charge is 0.403 e. The molecule has 0 rings (SSSR count). The molecule has 2 nitrogen and oxygen atoms in total. The van der Waals surface area contributed by atoms with Crippen molar-refractivity contribution in [1.82, 2.24) is 4.90 Å². The Balaban J connectivity index is 3.48. The van der Waals surface area contributed by atoms with Gasteiger partial charge in [0, 0.05) is 19.4 Å². The third kappa shape index (κ3) is 4.94. The molecule has 0 heterocycles. The summed E-state index contributed by atoms with van der Waals surface area (Å²) in [6.07, 6.45) is 8.41. The van der Waals surface area contributed by atoms with Gasteiger partial charge in [-0.3, -0.25) is 0 Å². The van der Waals surface area contributed by atoms with Gasteiger partial charge >= 0.3 is 0 Å². The summed E-state index contributed by atoms with van der Waals surface area (Å²) in [6.45, 7) is 2.09. The van der Waals surface area contributed by atoms with Gasteiger partial charge in [0.2, 0.25) is 0 Å². The number of hydrogen-bond donors (Lipinski definition) is 1. The van der Waals surface area contributed by atoms with E-state index in [9.17, 15) is 0 Å². The van der Waals surface area contributed by atoms with E-state index in [0.29, 0.717) is 0 Å². The minimum absolute atomic E-state index is 1.06. The van der Waals surface area contributed by atoms with Crippen molar-refractivity contribution in [3.63, 3.8) is 0 Å². The third-order valence-electron chi connectivity index (χ3n) is 0.897. The van der Waals surface area contributed by atoms with E-state index in [1.54, 1.807) is 6.20 Å². The monoisotopic (exact) mass is 126 g/mol. The van der Waals surface area contributed by atoms with Crippen LogP contribution in [0.3, 0.4) is 0 Å². The summed E-state index contributed by atoms with van der Waals surface area (Å²) in [6, 6.07) is 0. The number of rotatable bonds is 3. The first-order chi connectivity index (χ1) is 4.31. The standard InChI is InChI=1S/C7H14N2/c1-3-4-6-9(2)7-5-8/h4-7H,3,8H2,1-2H3/b6-4-,7-5-. The van der Waals surface area contributed by atoms with Gasteiger partial charge in [0.25, 0.3) is 0 Å². The maximum atomic E-state index is 5.15. The van der Waals surface area contributed by atoms with E-state index in [1.807, 2.05) is 18.1 Å². The van der Waals surface area contributed by atoms with E-state index in [4.69, 9.17) is 5.73 Å². The molecule has 0 radical (unpaired) electrons. The van der Waals surface area contributed by atoms with Gasteiger partial charge in [0.15, 0.2) is 0 Å². The van der Waals surface area contributed by atoms with Gasteiger partial charge in [0.1, 0.15) is 0 Å². The van der Waals surface area contributed by atoms with Crippen molar-refractivity contribution in [1.29, 1.82) is 0 Å². The Morgan fingerprint density at radius 3 is 2.56 bits per heavy atom. The van der Waals surface area contributed by atoms with Crippen molar-refractivity contribution in [2.24, 2.45) is 5.73 Å². The van der Waals surface area contributed by atoms with E-state index in [-0.39, 0.29) is 0 Å². The summed E-state index contributed by atoms with van der Waals surface area (Å²) < 4.78 is 0. The molecule has 0 saturated carbocycles. The Hall–Kier alpha value is -0.920. The van der Waals surface area contributed by atoms with Crippen LogP contribution in [0.15, 0.2) is 24.7 Å². The van der Waals surface area contributed by atoms with Crippen LogP contribution in [-0.2, 0) is 0 Å². The van der Waals surface area contributed by atoms with Crippen LogP contribution in [0.1, 0.15) is 13.3 Å². The second kappa shape index (κ2) is 5.22. The lowest BCUT2D eigenvalue weighted by atomic mass is 10.5.